The van der Waals surface area contributed by atoms with Gasteiger partial charge in [-0.05, 0) is 0 Å². The molecule has 0 amide bonds. The Kier molecular flexibility index (Phi) is 2.29. The molecule has 0 aromatic heterocycles. The third kappa shape index (κ3) is 1.94. The fourth-order valence-corrected chi connectivity index (χ4v) is 3.07. The summed E-state index contributed by atoms with van der Waals surface area (Å²) < 4.78 is 15.3. The summed E-state index contributed by atoms with van der Waals surface area (Å²) in [7, 11) is -3.03. The minimum absolute atomic E-state index is 0.140. The van der Waals surface area contributed by atoms with Gasteiger partial charge in [-0.2, -0.15) is 0 Å². The first kappa shape index (κ1) is 9.63. The van der Waals surface area contributed by atoms with E-state index in [0.717, 1.165) is 0 Å². The van der Waals surface area contributed by atoms with Crippen molar-refractivity contribution in [1.29, 1.82) is 0 Å². The summed E-state index contributed by atoms with van der Waals surface area (Å²) in [5.41, 5.74) is 0. The molecule has 7 heteroatoms. The summed E-state index contributed by atoms with van der Waals surface area (Å²) >= 11 is 0. The molecule has 0 atom stereocenters. The van der Waals surface area contributed by atoms with E-state index >= 15 is 0 Å². The van der Waals surface area contributed by atoms with Crippen molar-refractivity contribution in [2.45, 2.75) is 6.55 Å². The van der Waals surface area contributed by atoms with Gasteiger partial charge in [-0.25, -0.2) is 0 Å². The molecular weight excluding hydrogens is 206 g/mol. The molecule has 0 aromatic rings. The van der Waals surface area contributed by atoms with E-state index in [4.69, 9.17) is 13.3 Å². The smallest absolute Gasteiger partial charge is 0.463 e. The quantitative estimate of drug-likeness (QED) is 0.484. The van der Waals surface area contributed by atoms with Gasteiger partial charge in [0.15, 0.2) is 0 Å². The van der Waals surface area contributed by atoms with Gasteiger partial charge >= 0.3 is 20.7 Å². The molecule has 0 aromatic carbocycles. The lowest BCUT2D eigenvalue weighted by Gasteiger charge is -2.34. The van der Waals surface area contributed by atoms with Crippen LogP contribution in [0.2, 0.25) is 6.55 Å². The molecule has 3 aliphatic rings. The van der Waals surface area contributed by atoms with E-state index in [1.807, 2.05) is 0 Å². The van der Waals surface area contributed by atoms with Crippen LogP contribution in [0.15, 0.2) is 0 Å². The maximum atomic E-state index is 11.3. The van der Waals surface area contributed by atoms with E-state index < -0.39 is 8.80 Å². The van der Waals surface area contributed by atoms with Crippen LogP contribution in [0.5, 0.6) is 0 Å². The lowest BCUT2D eigenvalue weighted by atomic mass is 10.4. The van der Waals surface area contributed by atoms with E-state index in [-0.39, 0.29) is 25.0 Å². The van der Waals surface area contributed by atoms with Crippen molar-refractivity contribution in [3.05, 3.63) is 0 Å². The second kappa shape index (κ2) is 3.34. The molecule has 3 aliphatic heterocycles. The number of hydrogen-bond donors (Lipinski definition) is 0. The summed E-state index contributed by atoms with van der Waals surface area (Å²) in [6, 6.07) is 0. The maximum Gasteiger partial charge on any atom is 0.632 e. The van der Waals surface area contributed by atoms with Gasteiger partial charge in [0, 0.05) is 13.1 Å². The monoisotopic (exact) mass is 217 g/mol. The van der Waals surface area contributed by atoms with E-state index in [2.05, 4.69) is 0 Å². The lowest BCUT2D eigenvalue weighted by molar-refractivity contribution is -0.154. The van der Waals surface area contributed by atoms with E-state index in [0.29, 0.717) is 13.2 Å². The fourth-order valence-electron chi connectivity index (χ4n) is 1.50. The average Bonchev–Trinajstić information content (AvgIpc) is 1.96. The predicted octanol–water partition coefficient (Wildman–Crippen LogP) is -1.01. The van der Waals surface area contributed by atoms with Crippen molar-refractivity contribution in [3.63, 3.8) is 0 Å². The van der Waals surface area contributed by atoms with Crippen molar-refractivity contribution in [2.24, 2.45) is 0 Å². The molecule has 3 saturated heterocycles. The number of fused-ring (bicyclic) bond motifs is 6. The van der Waals surface area contributed by atoms with Gasteiger partial charge in [0.05, 0.1) is 19.7 Å². The minimum Gasteiger partial charge on any atom is -0.463 e. The SMILES string of the molecule is C[Si]12OCCN(CC(=O)O1)CC(=O)O2. The summed E-state index contributed by atoms with van der Waals surface area (Å²) in [6.45, 7) is 2.84. The molecule has 0 aliphatic carbocycles. The lowest BCUT2D eigenvalue weighted by Crippen LogP contribution is -2.56. The summed E-state index contributed by atoms with van der Waals surface area (Å²) in [6.07, 6.45) is 0. The first-order valence-electron chi connectivity index (χ1n) is 4.37. The molecule has 2 bridgehead atoms. The number of hydrogen-bond acceptors (Lipinski definition) is 6. The Morgan fingerprint density at radius 3 is 2.36 bits per heavy atom. The van der Waals surface area contributed by atoms with Gasteiger partial charge in [-0.3, -0.25) is 14.5 Å². The molecule has 0 spiro atoms. The third-order valence-electron chi connectivity index (χ3n) is 2.08. The number of nitrogens with zero attached hydrogens (tertiary/aromatic N) is 1. The number of carbonyl (C=O) groups excluding carboxylic acids is 2. The summed E-state index contributed by atoms with van der Waals surface area (Å²) in [5.74, 6) is -0.766. The molecule has 78 valence electrons. The summed E-state index contributed by atoms with van der Waals surface area (Å²) in [5, 5.41) is 0. The van der Waals surface area contributed by atoms with Crippen LogP contribution in [0.4, 0.5) is 0 Å². The Bertz CT molecular complexity index is 261. The van der Waals surface area contributed by atoms with E-state index in [9.17, 15) is 9.59 Å². The molecule has 0 saturated carbocycles. The van der Waals surface area contributed by atoms with Gasteiger partial charge in [0.25, 0.3) is 0 Å². The highest BCUT2D eigenvalue weighted by molar-refractivity contribution is 6.62. The Morgan fingerprint density at radius 1 is 1.21 bits per heavy atom. The second-order valence-corrected chi connectivity index (χ2v) is 5.79. The molecule has 3 rings (SSSR count). The van der Waals surface area contributed by atoms with Crippen LogP contribution in [-0.4, -0.2) is 51.9 Å². The number of rotatable bonds is 0. The standard InChI is InChI=1S/C7H11NO5Si/c1-14-11-3-2-8(4-6(9)12-14)5-7(10)13-14/h2-5H2,1H3. The Hall–Kier alpha value is -0.923. The third-order valence-corrected chi connectivity index (χ3v) is 4.00. The van der Waals surface area contributed by atoms with E-state index in [1.165, 1.54) is 0 Å². The highest BCUT2D eigenvalue weighted by Crippen LogP contribution is 2.16. The van der Waals surface area contributed by atoms with Crippen LogP contribution >= 0.6 is 0 Å². The van der Waals surface area contributed by atoms with Crippen LogP contribution < -0.4 is 0 Å². The Labute approximate surface area is 82.1 Å². The average molecular weight is 217 g/mol. The predicted molar refractivity (Wildman–Crippen MR) is 46.2 cm³/mol. The molecule has 0 radical (unpaired) electrons. The highest BCUT2D eigenvalue weighted by atomic mass is 28.4. The van der Waals surface area contributed by atoms with Crippen molar-refractivity contribution in [1.82, 2.24) is 4.90 Å². The van der Waals surface area contributed by atoms with Gasteiger partial charge in [-0.15, -0.1) is 0 Å². The minimum atomic E-state index is -3.03. The van der Waals surface area contributed by atoms with Gasteiger partial charge in [0.1, 0.15) is 0 Å². The zero-order chi connectivity index (χ0) is 10.2. The van der Waals surface area contributed by atoms with Crippen molar-refractivity contribution in [2.75, 3.05) is 26.2 Å². The fraction of sp³-hybridized carbons (Fsp3) is 0.714. The highest BCUT2D eigenvalue weighted by Gasteiger charge is 2.47. The van der Waals surface area contributed by atoms with Gasteiger partial charge < -0.3 is 13.3 Å². The van der Waals surface area contributed by atoms with Crippen molar-refractivity contribution in [3.8, 4) is 0 Å². The van der Waals surface area contributed by atoms with Crippen molar-refractivity contribution < 1.29 is 22.9 Å². The second-order valence-electron chi connectivity index (χ2n) is 3.37. The Morgan fingerprint density at radius 2 is 1.79 bits per heavy atom. The van der Waals surface area contributed by atoms with Crippen LogP contribution in [0.1, 0.15) is 0 Å². The normalized spacial score (nSPS) is 37.9. The maximum absolute atomic E-state index is 11.3. The molecule has 3 heterocycles. The molecular formula is C7H11NO5Si. The first-order chi connectivity index (χ1) is 6.57. The van der Waals surface area contributed by atoms with Gasteiger partial charge in [0.2, 0.25) is 0 Å². The van der Waals surface area contributed by atoms with Gasteiger partial charge in [-0.1, -0.05) is 0 Å². The van der Waals surface area contributed by atoms with Crippen LogP contribution in [0, 0.1) is 0 Å². The summed E-state index contributed by atoms with van der Waals surface area (Å²) in [4.78, 5) is 24.2. The molecule has 0 N–H and O–H groups in total. The number of carbonyl (C=O) groups is 2. The van der Waals surface area contributed by atoms with E-state index in [1.54, 1.807) is 11.4 Å². The zero-order valence-electron chi connectivity index (χ0n) is 7.82. The molecule has 0 unspecified atom stereocenters. The first-order valence-corrected chi connectivity index (χ1v) is 6.60. The molecule has 3 fully saturated rings. The Balaban J connectivity index is 2.24. The van der Waals surface area contributed by atoms with Crippen LogP contribution in [0.25, 0.3) is 0 Å². The molecule has 6 nitrogen and oxygen atoms in total. The molecule has 14 heavy (non-hydrogen) atoms. The topological polar surface area (TPSA) is 65.1 Å². The van der Waals surface area contributed by atoms with Crippen LogP contribution in [-0.2, 0) is 22.9 Å². The van der Waals surface area contributed by atoms with Crippen LogP contribution in [0.3, 0.4) is 0 Å². The zero-order valence-corrected chi connectivity index (χ0v) is 8.82. The van der Waals surface area contributed by atoms with Crippen molar-refractivity contribution >= 4 is 20.7 Å². The largest absolute Gasteiger partial charge is 0.632 e.